The number of carbonyl (C=O) groups is 1. The van der Waals surface area contributed by atoms with E-state index in [-0.39, 0.29) is 0 Å². The van der Waals surface area contributed by atoms with Gasteiger partial charge in [0.25, 0.3) is 0 Å². The molecule has 0 spiro atoms. The van der Waals surface area contributed by atoms with E-state index in [1.54, 1.807) is 0 Å². The van der Waals surface area contributed by atoms with Gasteiger partial charge >= 0.3 is 5.97 Å². The summed E-state index contributed by atoms with van der Waals surface area (Å²) in [5, 5.41) is 9.03. The average molecular weight is 204 g/mol. The lowest BCUT2D eigenvalue weighted by Crippen LogP contribution is -2.12. The minimum absolute atomic E-state index is 0.382. The number of rotatable bonds is 2. The van der Waals surface area contributed by atoms with Crippen molar-refractivity contribution in [3.63, 3.8) is 0 Å². The van der Waals surface area contributed by atoms with Crippen LogP contribution in [0.5, 0.6) is 0 Å². The van der Waals surface area contributed by atoms with E-state index in [1.807, 2.05) is 30.3 Å². The molecule has 1 N–H and O–H groups in total. The van der Waals surface area contributed by atoms with Gasteiger partial charge in [-0.1, -0.05) is 30.3 Å². The van der Waals surface area contributed by atoms with E-state index in [9.17, 15) is 4.79 Å². The van der Waals surface area contributed by atoms with Crippen LogP contribution in [0.4, 0.5) is 0 Å². The van der Waals surface area contributed by atoms with Crippen LogP contribution in [0.15, 0.2) is 35.9 Å². The molecule has 78 valence electrons. The van der Waals surface area contributed by atoms with Crippen LogP contribution >= 0.6 is 0 Å². The minimum Gasteiger partial charge on any atom is -0.492 e. The highest BCUT2D eigenvalue weighted by molar-refractivity contribution is 5.95. The molecule has 1 aromatic rings. The number of benzene rings is 1. The van der Waals surface area contributed by atoms with Crippen LogP contribution in [0.2, 0.25) is 0 Å². The van der Waals surface area contributed by atoms with Gasteiger partial charge in [-0.05, 0) is 12.8 Å². The lowest BCUT2D eigenvalue weighted by molar-refractivity contribution is -0.133. The molecule has 0 bridgehead atoms. The molecule has 0 radical (unpaired) electrons. The fraction of sp³-hybridized carbons (Fsp3) is 0.250. The average Bonchev–Trinajstić information content (AvgIpc) is 2.30. The molecule has 3 nitrogen and oxygen atoms in total. The zero-order valence-corrected chi connectivity index (χ0v) is 8.27. The van der Waals surface area contributed by atoms with Crippen molar-refractivity contribution < 1.29 is 14.6 Å². The van der Waals surface area contributed by atoms with Gasteiger partial charge in [0, 0.05) is 5.56 Å². The highest BCUT2D eigenvalue weighted by Crippen LogP contribution is 2.27. The van der Waals surface area contributed by atoms with E-state index < -0.39 is 5.97 Å². The lowest BCUT2D eigenvalue weighted by atomic mass is 10.0. The van der Waals surface area contributed by atoms with Crippen molar-refractivity contribution >= 4 is 11.7 Å². The SMILES string of the molecule is O=C(O)C1=C(c2ccccc2)OCCC1. The summed E-state index contributed by atoms with van der Waals surface area (Å²) in [5.74, 6) is -0.358. The Kier molecular flexibility index (Phi) is 2.72. The Balaban J connectivity index is 2.44. The molecule has 0 atom stereocenters. The van der Waals surface area contributed by atoms with E-state index >= 15 is 0 Å². The van der Waals surface area contributed by atoms with E-state index in [1.165, 1.54) is 0 Å². The Labute approximate surface area is 88.0 Å². The van der Waals surface area contributed by atoms with Crippen molar-refractivity contribution in [2.45, 2.75) is 12.8 Å². The third-order valence-electron chi connectivity index (χ3n) is 2.39. The molecule has 1 aliphatic rings. The van der Waals surface area contributed by atoms with Gasteiger partial charge < -0.3 is 9.84 Å². The highest BCUT2D eigenvalue weighted by atomic mass is 16.5. The zero-order chi connectivity index (χ0) is 10.7. The monoisotopic (exact) mass is 204 g/mol. The summed E-state index contributed by atoms with van der Waals surface area (Å²) in [5.41, 5.74) is 1.22. The van der Waals surface area contributed by atoms with Crippen LogP contribution < -0.4 is 0 Å². The van der Waals surface area contributed by atoms with Gasteiger partial charge in [-0.25, -0.2) is 4.79 Å². The summed E-state index contributed by atoms with van der Waals surface area (Å²) in [7, 11) is 0. The molecule has 0 unspecified atom stereocenters. The Bertz CT molecular complexity index is 393. The molecule has 0 aliphatic carbocycles. The maximum atomic E-state index is 11.0. The predicted molar refractivity (Wildman–Crippen MR) is 56.2 cm³/mol. The summed E-state index contributed by atoms with van der Waals surface area (Å²) in [4.78, 5) is 11.0. The van der Waals surface area contributed by atoms with E-state index in [0.717, 1.165) is 12.0 Å². The van der Waals surface area contributed by atoms with Gasteiger partial charge in [0.1, 0.15) is 5.76 Å². The van der Waals surface area contributed by atoms with Crippen LogP contribution in [0.3, 0.4) is 0 Å². The maximum absolute atomic E-state index is 11.0. The van der Waals surface area contributed by atoms with Gasteiger partial charge in [0.2, 0.25) is 0 Å². The predicted octanol–water partition coefficient (Wildman–Crippen LogP) is 2.29. The Morgan fingerprint density at radius 2 is 2.00 bits per heavy atom. The van der Waals surface area contributed by atoms with Crippen molar-refractivity contribution in [3.05, 3.63) is 41.5 Å². The molecule has 3 heteroatoms. The van der Waals surface area contributed by atoms with E-state index in [0.29, 0.717) is 24.4 Å². The highest BCUT2D eigenvalue weighted by Gasteiger charge is 2.20. The van der Waals surface area contributed by atoms with Crippen molar-refractivity contribution in [3.8, 4) is 0 Å². The third kappa shape index (κ3) is 2.01. The number of hydrogen-bond acceptors (Lipinski definition) is 2. The van der Waals surface area contributed by atoms with Crippen molar-refractivity contribution in [1.82, 2.24) is 0 Å². The second-order valence-corrected chi connectivity index (χ2v) is 3.43. The zero-order valence-electron chi connectivity index (χ0n) is 8.27. The molecule has 0 amide bonds. The fourth-order valence-corrected chi connectivity index (χ4v) is 1.67. The summed E-state index contributed by atoms with van der Waals surface area (Å²) in [6, 6.07) is 9.38. The standard InChI is InChI=1S/C12H12O3/c13-12(14)10-7-4-8-15-11(10)9-5-2-1-3-6-9/h1-3,5-6H,4,7-8H2,(H,13,14). The van der Waals surface area contributed by atoms with Gasteiger partial charge in [-0.15, -0.1) is 0 Å². The van der Waals surface area contributed by atoms with Crippen molar-refractivity contribution in [2.24, 2.45) is 0 Å². The normalized spacial score (nSPS) is 16.0. The quantitative estimate of drug-likeness (QED) is 0.804. The Morgan fingerprint density at radius 3 is 2.67 bits per heavy atom. The first-order valence-electron chi connectivity index (χ1n) is 4.93. The molecule has 1 heterocycles. The van der Waals surface area contributed by atoms with Crippen LogP contribution in [-0.4, -0.2) is 17.7 Å². The minimum atomic E-state index is -0.881. The smallest absolute Gasteiger partial charge is 0.335 e. The molecular weight excluding hydrogens is 192 g/mol. The first-order valence-corrected chi connectivity index (χ1v) is 4.93. The van der Waals surface area contributed by atoms with Gasteiger partial charge in [-0.2, -0.15) is 0 Å². The molecule has 0 saturated heterocycles. The topological polar surface area (TPSA) is 46.5 Å². The largest absolute Gasteiger partial charge is 0.492 e. The molecule has 0 fully saturated rings. The van der Waals surface area contributed by atoms with Crippen LogP contribution in [0.1, 0.15) is 18.4 Å². The summed E-state index contributed by atoms with van der Waals surface area (Å²) < 4.78 is 5.44. The first-order chi connectivity index (χ1) is 7.29. The Hall–Kier alpha value is -1.77. The van der Waals surface area contributed by atoms with E-state index in [4.69, 9.17) is 9.84 Å². The summed E-state index contributed by atoms with van der Waals surface area (Å²) in [6.07, 6.45) is 1.36. The lowest BCUT2D eigenvalue weighted by Gasteiger charge is -2.19. The second-order valence-electron chi connectivity index (χ2n) is 3.43. The van der Waals surface area contributed by atoms with Crippen LogP contribution in [0.25, 0.3) is 5.76 Å². The molecule has 0 aromatic heterocycles. The molecular formula is C12H12O3. The molecule has 15 heavy (non-hydrogen) atoms. The van der Waals surface area contributed by atoms with E-state index in [2.05, 4.69) is 0 Å². The molecule has 1 aliphatic heterocycles. The summed E-state index contributed by atoms with van der Waals surface area (Å²) >= 11 is 0. The van der Waals surface area contributed by atoms with Crippen molar-refractivity contribution in [1.29, 1.82) is 0 Å². The molecule has 1 aromatic carbocycles. The fourth-order valence-electron chi connectivity index (χ4n) is 1.67. The third-order valence-corrected chi connectivity index (χ3v) is 2.39. The van der Waals surface area contributed by atoms with Gasteiger partial charge in [-0.3, -0.25) is 0 Å². The molecule has 0 saturated carbocycles. The number of ether oxygens (including phenoxy) is 1. The molecule has 2 rings (SSSR count). The second kappa shape index (κ2) is 4.17. The maximum Gasteiger partial charge on any atom is 0.335 e. The van der Waals surface area contributed by atoms with Gasteiger partial charge in [0.05, 0.1) is 12.2 Å². The Morgan fingerprint density at radius 1 is 1.27 bits per heavy atom. The number of carboxylic acid groups (broad SMARTS) is 1. The van der Waals surface area contributed by atoms with Crippen LogP contribution in [-0.2, 0) is 9.53 Å². The number of hydrogen-bond donors (Lipinski definition) is 1. The first kappa shape index (κ1) is 9.77. The number of aliphatic carboxylic acids is 1. The van der Waals surface area contributed by atoms with Crippen LogP contribution in [0, 0.1) is 0 Å². The van der Waals surface area contributed by atoms with Crippen molar-refractivity contribution in [2.75, 3.05) is 6.61 Å². The number of carboxylic acids is 1. The summed E-state index contributed by atoms with van der Waals surface area (Å²) in [6.45, 7) is 0.598. The van der Waals surface area contributed by atoms with Gasteiger partial charge in [0.15, 0.2) is 0 Å².